The van der Waals surface area contributed by atoms with E-state index in [1.165, 1.54) is 0 Å². The van der Waals surface area contributed by atoms with Gasteiger partial charge in [-0.1, -0.05) is 6.92 Å². The van der Waals surface area contributed by atoms with Crippen molar-refractivity contribution < 1.29 is 9.53 Å². The molecule has 1 aromatic rings. The molecule has 0 radical (unpaired) electrons. The van der Waals surface area contributed by atoms with Crippen LogP contribution < -0.4 is 9.64 Å². The van der Waals surface area contributed by atoms with Gasteiger partial charge < -0.3 is 9.64 Å². The molecule has 1 aromatic carbocycles. The first-order valence-corrected chi connectivity index (χ1v) is 5.07. The van der Waals surface area contributed by atoms with Crippen LogP contribution >= 0.6 is 0 Å². The van der Waals surface area contributed by atoms with Gasteiger partial charge in [-0.2, -0.15) is 0 Å². The summed E-state index contributed by atoms with van der Waals surface area (Å²) in [5, 5.41) is 0. The third-order valence-corrected chi connectivity index (χ3v) is 2.88. The summed E-state index contributed by atoms with van der Waals surface area (Å²) in [6, 6.07) is 5.60. The summed E-state index contributed by atoms with van der Waals surface area (Å²) in [7, 11) is 3.64. The molecule has 1 unspecified atom stereocenters. The van der Waals surface area contributed by atoms with Crippen LogP contribution in [0.25, 0.3) is 0 Å². The van der Waals surface area contributed by atoms with Crippen molar-refractivity contribution in [3.05, 3.63) is 23.8 Å². The van der Waals surface area contributed by atoms with Crippen LogP contribution in [-0.4, -0.2) is 26.5 Å². The van der Waals surface area contributed by atoms with E-state index >= 15 is 0 Å². The third-order valence-electron chi connectivity index (χ3n) is 2.88. The van der Waals surface area contributed by atoms with Crippen molar-refractivity contribution >= 4 is 11.5 Å². The molecule has 0 fully saturated rings. The Morgan fingerprint density at radius 2 is 2.20 bits per heavy atom. The second-order valence-corrected chi connectivity index (χ2v) is 4.03. The minimum Gasteiger partial charge on any atom is -0.497 e. The number of Topliss-reactive ketones (excluding diaryl/α,β-unsaturated/α-hetero) is 1. The summed E-state index contributed by atoms with van der Waals surface area (Å²) >= 11 is 0. The molecule has 0 spiro atoms. The first kappa shape index (κ1) is 10.0. The second-order valence-electron chi connectivity index (χ2n) is 4.03. The Balaban J connectivity index is 2.51. The first-order chi connectivity index (χ1) is 7.13. The van der Waals surface area contributed by atoms with Gasteiger partial charge in [0.15, 0.2) is 5.78 Å². The van der Waals surface area contributed by atoms with Gasteiger partial charge in [0, 0.05) is 31.1 Å². The number of nitrogens with zero attached hydrogens (tertiary/aromatic N) is 1. The zero-order chi connectivity index (χ0) is 11.0. The van der Waals surface area contributed by atoms with Crippen molar-refractivity contribution in [1.29, 1.82) is 0 Å². The summed E-state index contributed by atoms with van der Waals surface area (Å²) < 4.78 is 5.15. The number of hydrogen-bond donors (Lipinski definition) is 0. The van der Waals surface area contributed by atoms with Gasteiger partial charge in [-0.15, -0.1) is 0 Å². The molecular weight excluding hydrogens is 190 g/mol. The van der Waals surface area contributed by atoms with Crippen LogP contribution in [0.1, 0.15) is 17.3 Å². The zero-order valence-electron chi connectivity index (χ0n) is 9.28. The molecule has 3 heteroatoms. The Morgan fingerprint density at radius 3 is 2.87 bits per heavy atom. The van der Waals surface area contributed by atoms with Gasteiger partial charge in [0.05, 0.1) is 12.8 Å². The molecule has 0 saturated carbocycles. The van der Waals surface area contributed by atoms with E-state index in [2.05, 4.69) is 4.90 Å². The standard InChI is InChI=1S/C12H15NO2/c1-8-7-13(2)11-6-9(15-3)4-5-10(11)12(8)14/h4-6,8H,7H2,1-3H3. The fourth-order valence-electron chi connectivity index (χ4n) is 2.02. The lowest BCUT2D eigenvalue weighted by Gasteiger charge is -2.30. The van der Waals surface area contributed by atoms with Crippen molar-refractivity contribution in [3.8, 4) is 5.75 Å². The lowest BCUT2D eigenvalue weighted by Crippen LogP contribution is -2.35. The van der Waals surface area contributed by atoms with Crippen LogP contribution in [0.5, 0.6) is 5.75 Å². The number of fused-ring (bicyclic) bond motifs is 1. The Hall–Kier alpha value is -1.51. The zero-order valence-corrected chi connectivity index (χ0v) is 9.28. The van der Waals surface area contributed by atoms with Crippen molar-refractivity contribution in [2.45, 2.75) is 6.92 Å². The molecule has 0 aliphatic carbocycles. The second kappa shape index (κ2) is 3.57. The molecule has 3 nitrogen and oxygen atoms in total. The van der Waals surface area contributed by atoms with Gasteiger partial charge in [0.25, 0.3) is 0 Å². The average molecular weight is 205 g/mol. The maximum absolute atomic E-state index is 11.9. The van der Waals surface area contributed by atoms with Crippen molar-refractivity contribution in [2.24, 2.45) is 5.92 Å². The number of ether oxygens (including phenoxy) is 1. The van der Waals surface area contributed by atoms with Crippen molar-refractivity contribution in [3.63, 3.8) is 0 Å². The Morgan fingerprint density at radius 1 is 1.47 bits per heavy atom. The summed E-state index contributed by atoms with van der Waals surface area (Å²) in [6.45, 7) is 2.74. The minimum atomic E-state index is 0.0795. The van der Waals surface area contributed by atoms with Crippen LogP contribution in [0, 0.1) is 5.92 Å². The molecule has 0 bridgehead atoms. The van der Waals surface area contributed by atoms with Gasteiger partial charge in [-0.05, 0) is 12.1 Å². The van der Waals surface area contributed by atoms with E-state index in [9.17, 15) is 4.79 Å². The Kier molecular flexibility index (Phi) is 2.39. The van der Waals surface area contributed by atoms with E-state index in [0.717, 1.165) is 23.5 Å². The number of anilines is 1. The number of carbonyl (C=O) groups is 1. The van der Waals surface area contributed by atoms with Gasteiger partial charge in [-0.25, -0.2) is 0 Å². The summed E-state index contributed by atoms with van der Waals surface area (Å²) in [6.07, 6.45) is 0. The highest BCUT2D eigenvalue weighted by atomic mass is 16.5. The molecule has 0 saturated heterocycles. The largest absolute Gasteiger partial charge is 0.497 e. The minimum absolute atomic E-state index is 0.0795. The highest BCUT2D eigenvalue weighted by Crippen LogP contribution is 2.31. The maximum Gasteiger partial charge on any atom is 0.169 e. The lowest BCUT2D eigenvalue weighted by atomic mass is 9.93. The predicted molar refractivity (Wildman–Crippen MR) is 59.8 cm³/mol. The first-order valence-electron chi connectivity index (χ1n) is 5.07. The predicted octanol–water partition coefficient (Wildman–Crippen LogP) is 1.96. The number of ketones is 1. The fraction of sp³-hybridized carbons (Fsp3) is 0.417. The van der Waals surface area contributed by atoms with Gasteiger partial charge >= 0.3 is 0 Å². The molecule has 1 heterocycles. The van der Waals surface area contributed by atoms with Gasteiger partial charge in [0.1, 0.15) is 5.75 Å². The van der Waals surface area contributed by atoms with Crippen molar-refractivity contribution in [1.82, 2.24) is 0 Å². The number of hydrogen-bond acceptors (Lipinski definition) is 3. The van der Waals surface area contributed by atoms with Gasteiger partial charge in [0.2, 0.25) is 0 Å². The normalized spacial score (nSPS) is 20.1. The van der Waals surface area contributed by atoms with E-state index in [-0.39, 0.29) is 11.7 Å². The molecule has 1 aliphatic rings. The Bertz CT molecular complexity index is 401. The highest BCUT2D eigenvalue weighted by Gasteiger charge is 2.27. The highest BCUT2D eigenvalue weighted by molar-refractivity contribution is 6.04. The number of carbonyl (C=O) groups excluding carboxylic acids is 1. The topological polar surface area (TPSA) is 29.5 Å². The molecule has 1 atom stereocenters. The number of methoxy groups -OCH3 is 1. The van der Waals surface area contributed by atoms with Crippen molar-refractivity contribution in [2.75, 3.05) is 25.6 Å². The fourth-order valence-corrected chi connectivity index (χ4v) is 2.02. The van der Waals surface area contributed by atoms with Crippen LogP contribution in [0.2, 0.25) is 0 Å². The molecular formula is C12H15NO2. The molecule has 2 rings (SSSR count). The Labute approximate surface area is 89.7 Å². The van der Waals surface area contributed by atoms with E-state index in [4.69, 9.17) is 4.74 Å². The van der Waals surface area contributed by atoms with Crippen LogP contribution in [-0.2, 0) is 0 Å². The van der Waals surface area contributed by atoms with E-state index in [0.29, 0.717) is 0 Å². The van der Waals surface area contributed by atoms with Crippen LogP contribution in [0.4, 0.5) is 5.69 Å². The molecule has 15 heavy (non-hydrogen) atoms. The summed E-state index contributed by atoms with van der Waals surface area (Å²) in [5.41, 5.74) is 1.77. The number of benzene rings is 1. The van der Waals surface area contributed by atoms with E-state index in [1.807, 2.05) is 32.2 Å². The summed E-state index contributed by atoms with van der Waals surface area (Å²) in [5.74, 6) is 1.10. The average Bonchev–Trinajstić information content (AvgIpc) is 2.25. The SMILES string of the molecule is COc1ccc2c(c1)N(C)CC(C)C2=O. The monoisotopic (exact) mass is 205 g/mol. The lowest BCUT2D eigenvalue weighted by molar-refractivity contribution is 0.0927. The smallest absolute Gasteiger partial charge is 0.169 e. The molecule has 0 amide bonds. The molecule has 80 valence electrons. The van der Waals surface area contributed by atoms with E-state index in [1.54, 1.807) is 7.11 Å². The van der Waals surface area contributed by atoms with Crippen LogP contribution in [0.3, 0.4) is 0 Å². The quantitative estimate of drug-likeness (QED) is 0.702. The summed E-state index contributed by atoms with van der Waals surface area (Å²) in [4.78, 5) is 14.0. The number of rotatable bonds is 1. The third kappa shape index (κ3) is 1.58. The molecule has 0 aromatic heterocycles. The molecule has 0 N–H and O–H groups in total. The van der Waals surface area contributed by atoms with Gasteiger partial charge in [-0.3, -0.25) is 4.79 Å². The van der Waals surface area contributed by atoms with Crippen LogP contribution in [0.15, 0.2) is 18.2 Å². The van der Waals surface area contributed by atoms with E-state index < -0.39 is 0 Å². The molecule has 1 aliphatic heterocycles. The maximum atomic E-state index is 11.9.